The Morgan fingerprint density at radius 3 is 2.21 bits per heavy atom. The highest BCUT2D eigenvalue weighted by atomic mass is 35.5. The van der Waals surface area contributed by atoms with Gasteiger partial charge in [0.25, 0.3) is 5.91 Å². The Kier molecular flexibility index (Phi) is 7.32. The predicted molar refractivity (Wildman–Crippen MR) is 134 cm³/mol. The fourth-order valence-corrected chi connectivity index (χ4v) is 3.86. The van der Waals surface area contributed by atoms with Crippen LogP contribution in [-0.2, 0) is 11.4 Å². The van der Waals surface area contributed by atoms with E-state index in [1.807, 2.05) is 19.1 Å². The molecule has 1 fully saturated rings. The molecule has 0 saturated carbocycles. The molecule has 0 bridgehead atoms. The topological polar surface area (TPSA) is 67.9 Å². The molecule has 1 N–H and O–H groups in total. The Hall–Kier alpha value is -3.19. The predicted octanol–water partition coefficient (Wildman–Crippen LogP) is 6.72. The summed E-state index contributed by atoms with van der Waals surface area (Å²) >= 11 is 18.3. The molecule has 0 atom stereocenters. The van der Waals surface area contributed by atoms with Crippen molar-refractivity contribution in [3.8, 4) is 11.5 Å². The molecule has 6 nitrogen and oxygen atoms in total. The average Bonchev–Trinajstić information content (AvgIpc) is 3.08. The standard InChI is InChI=1S/C25H19Cl3N2O4/c1-2-33-22-13-16(11-20(28)23(22)34-14-15-3-5-17(26)6-4-15)12-21-24(31)30(25(32)29-21)19-9-7-18(27)8-10-19/h3-13H,2,14H2,1H3,(H,29,32)/b21-12+. The molecule has 1 heterocycles. The van der Waals surface area contributed by atoms with Crippen molar-refractivity contribution < 1.29 is 19.1 Å². The zero-order valence-corrected chi connectivity index (χ0v) is 20.2. The van der Waals surface area contributed by atoms with Gasteiger partial charge in [-0.25, -0.2) is 9.69 Å². The molecule has 3 aromatic carbocycles. The van der Waals surface area contributed by atoms with Crippen molar-refractivity contribution in [1.82, 2.24) is 5.32 Å². The quantitative estimate of drug-likeness (QED) is 0.279. The first-order valence-electron chi connectivity index (χ1n) is 10.3. The van der Waals surface area contributed by atoms with Gasteiger partial charge in [-0.1, -0.05) is 46.9 Å². The number of hydrogen-bond acceptors (Lipinski definition) is 4. The number of carbonyl (C=O) groups excluding carboxylic acids is 2. The Morgan fingerprint density at radius 2 is 1.56 bits per heavy atom. The number of ether oxygens (including phenoxy) is 2. The molecule has 1 aliphatic rings. The van der Waals surface area contributed by atoms with Gasteiger partial charge in [-0.15, -0.1) is 0 Å². The van der Waals surface area contributed by atoms with E-state index in [9.17, 15) is 9.59 Å². The molecule has 0 unspecified atom stereocenters. The second kappa shape index (κ2) is 10.4. The molecule has 34 heavy (non-hydrogen) atoms. The molecule has 3 aromatic rings. The van der Waals surface area contributed by atoms with Crippen molar-refractivity contribution in [2.24, 2.45) is 0 Å². The molecule has 4 rings (SSSR count). The molecule has 9 heteroatoms. The van der Waals surface area contributed by atoms with Gasteiger partial charge in [0.15, 0.2) is 11.5 Å². The van der Waals surface area contributed by atoms with Gasteiger partial charge in [0.05, 0.1) is 17.3 Å². The summed E-state index contributed by atoms with van der Waals surface area (Å²) in [4.78, 5) is 26.4. The molecule has 0 aromatic heterocycles. The Balaban J connectivity index is 1.59. The highest BCUT2D eigenvalue weighted by Crippen LogP contribution is 2.38. The van der Waals surface area contributed by atoms with Gasteiger partial charge in [0.1, 0.15) is 12.3 Å². The summed E-state index contributed by atoms with van der Waals surface area (Å²) in [7, 11) is 0. The van der Waals surface area contributed by atoms with Crippen LogP contribution in [-0.4, -0.2) is 18.5 Å². The van der Waals surface area contributed by atoms with Crippen LogP contribution in [0.15, 0.2) is 66.4 Å². The number of amides is 3. The van der Waals surface area contributed by atoms with Gasteiger partial charge in [0, 0.05) is 10.0 Å². The van der Waals surface area contributed by atoms with Crippen LogP contribution in [0.2, 0.25) is 15.1 Å². The molecule has 1 saturated heterocycles. The minimum absolute atomic E-state index is 0.105. The number of rotatable bonds is 7. The van der Waals surface area contributed by atoms with E-state index in [0.717, 1.165) is 10.5 Å². The number of nitrogens with zero attached hydrogens (tertiary/aromatic N) is 1. The lowest BCUT2D eigenvalue weighted by molar-refractivity contribution is -0.113. The fourth-order valence-electron chi connectivity index (χ4n) is 3.34. The summed E-state index contributed by atoms with van der Waals surface area (Å²) in [5.74, 6) is 0.303. The second-order valence-corrected chi connectivity index (χ2v) is 8.56. The van der Waals surface area contributed by atoms with E-state index in [-0.39, 0.29) is 12.3 Å². The molecular weight excluding hydrogens is 499 g/mol. The lowest BCUT2D eigenvalue weighted by Crippen LogP contribution is -2.30. The van der Waals surface area contributed by atoms with Crippen molar-refractivity contribution in [3.05, 3.63) is 92.6 Å². The van der Waals surface area contributed by atoms with E-state index in [1.54, 1.807) is 48.5 Å². The SMILES string of the molecule is CCOc1cc(/C=C2/NC(=O)N(c3ccc(Cl)cc3)C2=O)cc(Cl)c1OCc1ccc(Cl)cc1. The Labute approximate surface area is 211 Å². The average molecular weight is 518 g/mol. The van der Waals surface area contributed by atoms with E-state index in [1.165, 1.54) is 6.08 Å². The van der Waals surface area contributed by atoms with Crippen molar-refractivity contribution in [1.29, 1.82) is 0 Å². The van der Waals surface area contributed by atoms with Crippen LogP contribution in [0.5, 0.6) is 11.5 Å². The molecule has 174 valence electrons. The smallest absolute Gasteiger partial charge is 0.333 e. The number of benzene rings is 3. The number of hydrogen-bond donors (Lipinski definition) is 1. The van der Waals surface area contributed by atoms with Crippen LogP contribution in [0.4, 0.5) is 10.5 Å². The van der Waals surface area contributed by atoms with Crippen LogP contribution in [0.25, 0.3) is 6.08 Å². The number of imide groups is 1. The first kappa shape index (κ1) is 24.0. The van der Waals surface area contributed by atoms with E-state index in [4.69, 9.17) is 44.3 Å². The van der Waals surface area contributed by atoms with Gasteiger partial charge in [0.2, 0.25) is 0 Å². The zero-order valence-electron chi connectivity index (χ0n) is 18.0. The van der Waals surface area contributed by atoms with Gasteiger partial charge in [-0.3, -0.25) is 4.79 Å². The van der Waals surface area contributed by atoms with E-state index in [2.05, 4.69) is 5.32 Å². The third-order valence-corrected chi connectivity index (χ3v) is 5.69. The lowest BCUT2D eigenvalue weighted by Gasteiger charge is -2.15. The van der Waals surface area contributed by atoms with Crippen molar-refractivity contribution in [3.63, 3.8) is 0 Å². The van der Waals surface area contributed by atoms with Crippen molar-refractivity contribution >= 4 is 58.5 Å². The number of halogens is 3. The molecule has 0 spiro atoms. The van der Waals surface area contributed by atoms with Crippen molar-refractivity contribution in [2.45, 2.75) is 13.5 Å². The van der Waals surface area contributed by atoms with Crippen LogP contribution >= 0.6 is 34.8 Å². The highest BCUT2D eigenvalue weighted by Gasteiger charge is 2.34. The summed E-state index contributed by atoms with van der Waals surface area (Å²) in [5, 5.41) is 4.03. The summed E-state index contributed by atoms with van der Waals surface area (Å²) in [6.45, 7) is 2.49. The van der Waals surface area contributed by atoms with Gasteiger partial charge < -0.3 is 14.8 Å². The molecular formula is C25H19Cl3N2O4. The van der Waals surface area contributed by atoms with E-state index >= 15 is 0 Å². The molecule has 0 radical (unpaired) electrons. The first-order chi connectivity index (χ1) is 16.4. The minimum Gasteiger partial charge on any atom is -0.490 e. The summed E-state index contributed by atoms with van der Waals surface area (Å²) in [5.41, 5.74) is 1.99. The Bertz CT molecular complexity index is 1260. The first-order valence-corrected chi connectivity index (χ1v) is 11.5. The number of anilines is 1. The maximum Gasteiger partial charge on any atom is 0.333 e. The Morgan fingerprint density at radius 1 is 0.912 bits per heavy atom. The normalized spacial score (nSPS) is 14.5. The van der Waals surface area contributed by atoms with Crippen molar-refractivity contribution in [2.75, 3.05) is 11.5 Å². The fraction of sp³-hybridized carbons (Fsp3) is 0.120. The molecule has 0 aliphatic carbocycles. The van der Waals surface area contributed by atoms with E-state index < -0.39 is 11.9 Å². The number of carbonyl (C=O) groups is 2. The maximum absolute atomic E-state index is 12.9. The minimum atomic E-state index is -0.558. The van der Waals surface area contributed by atoms with Gasteiger partial charge in [-0.05, 0) is 72.7 Å². The summed E-state index contributed by atoms with van der Waals surface area (Å²) in [6.07, 6.45) is 1.54. The lowest BCUT2D eigenvalue weighted by atomic mass is 10.1. The number of nitrogens with one attached hydrogen (secondary N) is 1. The monoisotopic (exact) mass is 516 g/mol. The van der Waals surface area contributed by atoms with Gasteiger partial charge in [-0.2, -0.15) is 0 Å². The second-order valence-electron chi connectivity index (χ2n) is 7.28. The van der Waals surface area contributed by atoms with Crippen LogP contribution in [0.3, 0.4) is 0 Å². The molecule has 3 amide bonds. The van der Waals surface area contributed by atoms with Crippen LogP contribution in [0.1, 0.15) is 18.1 Å². The van der Waals surface area contributed by atoms with E-state index in [0.29, 0.717) is 44.4 Å². The summed E-state index contributed by atoms with van der Waals surface area (Å²) in [6, 6.07) is 16.5. The largest absolute Gasteiger partial charge is 0.490 e. The third kappa shape index (κ3) is 5.30. The maximum atomic E-state index is 12.9. The van der Waals surface area contributed by atoms with Crippen LogP contribution in [0, 0.1) is 0 Å². The third-order valence-electron chi connectivity index (χ3n) is 4.90. The van der Waals surface area contributed by atoms with Gasteiger partial charge >= 0.3 is 6.03 Å². The molecule has 1 aliphatic heterocycles. The summed E-state index contributed by atoms with van der Waals surface area (Å²) < 4.78 is 11.6. The highest BCUT2D eigenvalue weighted by molar-refractivity contribution is 6.33. The number of urea groups is 1. The zero-order chi connectivity index (χ0) is 24.2. The van der Waals surface area contributed by atoms with Crippen LogP contribution < -0.4 is 19.7 Å².